The Morgan fingerprint density at radius 3 is 2.47 bits per heavy atom. The third-order valence-corrected chi connectivity index (χ3v) is 6.48. The van der Waals surface area contributed by atoms with Crippen LogP contribution >= 0.6 is 11.3 Å². The number of nitrogens with one attached hydrogen (secondary N) is 2. The van der Waals surface area contributed by atoms with Gasteiger partial charge >= 0.3 is 0 Å². The van der Waals surface area contributed by atoms with E-state index < -0.39 is 15.9 Å². The van der Waals surface area contributed by atoms with Gasteiger partial charge in [-0.05, 0) is 24.3 Å². The number of hydrogen-bond acceptors (Lipinski definition) is 8. The zero-order chi connectivity index (χ0) is 21.7. The minimum absolute atomic E-state index is 0.0103. The molecule has 9 nitrogen and oxygen atoms in total. The van der Waals surface area contributed by atoms with E-state index in [1.165, 1.54) is 49.8 Å². The predicted molar refractivity (Wildman–Crippen MR) is 113 cm³/mol. The molecule has 1 heterocycles. The lowest BCUT2D eigenvalue weighted by Crippen LogP contribution is -2.24. The number of benzene rings is 2. The van der Waals surface area contributed by atoms with Crippen LogP contribution in [0.1, 0.15) is 16.8 Å². The molecule has 1 amide bonds. The second-order valence-corrected chi connectivity index (χ2v) is 8.78. The summed E-state index contributed by atoms with van der Waals surface area (Å²) in [5, 5.41) is 11.6. The van der Waals surface area contributed by atoms with Crippen molar-refractivity contribution in [2.24, 2.45) is 0 Å². The third kappa shape index (κ3) is 4.68. The van der Waals surface area contributed by atoms with Crippen molar-refractivity contribution in [3.63, 3.8) is 0 Å². The highest BCUT2D eigenvalue weighted by Crippen LogP contribution is 2.36. The molecule has 0 radical (unpaired) electrons. The Hall–Kier alpha value is -3.20. The third-order valence-electron chi connectivity index (χ3n) is 4.07. The fourth-order valence-electron chi connectivity index (χ4n) is 2.59. The Kier molecular flexibility index (Phi) is 6.51. The van der Waals surface area contributed by atoms with Crippen molar-refractivity contribution in [2.75, 3.05) is 26.1 Å². The van der Waals surface area contributed by atoms with Gasteiger partial charge in [0.2, 0.25) is 10.0 Å². The average molecular weight is 447 g/mol. The van der Waals surface area contributed by atoms with Crippen LogP contribution in [0.25, 0.3) is 10.2 Å². The highest BCUT2D eigenvalue weighted by molar-refractivity contribution is 7.89. The molecule has 0 aliphatic carbocycles. The largest absolute Gasteiger partial charge is 0.493 e. The van der Waals surface area contributed by atoms with Crippen LogP contribution in [0.3, 0.4) is 0 Å². The van der Waals surface area contributed by atoms with Gasteiger partial charge in [0.15, 0.2) is 16.6 Å². The van der Waals surface area contributed by atoms with E-state index in [4.69, 9.17) is 14.7 Å². The predicted octanol–water partition coefficient (Wildman–Crippen LogP) is 2.76. The van der Waals surface area contributed by atoms with Crippen LogP contribution in [0.2, 0.25) is 0 Å². The molecule has 11 heteroatoms. The second kappa shape index (κ2) is 9.08. The van der Waals surface area contributed by atoms with Crippen molar-refractivity contribution in [1.82, 2.24) is 9.71 Å². The normalized spacial score (nSPS) is 11.1. The quantitative estimate of drug-likeness (QED) is 0.509. The van der Waals surface area contributed by atoms with Gasteiger partial charge < -0.3 is 9.47 Å². The van der Waals surface area contributed by atoms with E-state index in [1.807, 2.05) is 6.07 Å². The molecule has 0 fully saturated rings. The Morgan fingerprint density at radius 1 is 1.17 bits per heavy atom. The van der Waals surface area contributed by atoms with E-state index in [1.54, 1.807) is 12.1 Å². The first-order valence-electron chi connectivity index (χ1n) is 8.68. The molecule has 0 saturated carbocycles. The second-order valence-electron chi connectivity index (χ2n) is 5.98. The van der Waals surface area contributed by atoms with Crippen LogP contribution in [0.15, 0.2) is 41.3 Å². The van der Waals surface area contributed by atoms with Gasteiger partial charge in [-0.3, -0.25) is 10.1 Å². The van der Waals surface area contributed by atoms with Gasteiger partial charge in [0, 0.05) is 30.7 Å². The van der Waals surface area contributed by atoms with Crippen molar-refractivity contribution >= 4 is 42.6 Å². The highest BCUT2D eigenvalue weighted by Gasteiger charge is 2.16. The maximum absolute atomic E-state index is 12.5. The van der Waals surface area contributed by atoms with Gasteiger partial charge in [-0.15, -0.1) is 0 Å². The maximum Gasteiger partial charge on any atom is 0.257 e. The molecule has 0 bridgehead atoms. The molecular formula is C19H18N4O5S2. The number of carbonyl (C=O) groups excluding carboxylic acids is 1. The summed E-state index contributed by atoms with van der Waals surface area (Å²) in [4.78, 5) is 16.9. The minimum Gasteiger partial charge on any atom is -0.493 e. The van der Waals surface area contributed by atoms with E-state index >= 15 is 0 Å². The SMILES string of the molecule is COc1cc2nc(NC(=O)c3ccc(S(=O)(=O)NCCC#N)cc3)sc2cc1OC. The molecule has 2 N–H and O–H groups in total. The van der Waals surface area contributed by atoms with Gasteiger partial charge in [-0.25, -0.2) is 18.1 Å². The standard InChI is InChI=1S/C19H18N4O5S2/c1-27-15-10-14-17(11-16(15)28-2)29-19(22-14)23-18(24)12-4-6-13(7-5-12)30(25,26)21-9-3-8-20/h4-7,10-11,21H,3,9H2,1-2H3,(H,22,23,24). The fraction of sp³-hybridized carbons (Fsp3) is 0.211. The van der Waals surface area contributed by atoms with E-state index in [2.05, 4.69) is 15.0 Å². The van der Waals surface area contributed by atoms with Crippen LogP contribution in [0.5, 0.6) is 11.5 Å². The number of hydrogen-bond donors (Lipinski definition) is 2. The van der Waals surface area contributed by atoms with Crippen molar-refractivity contribution in [3.05, 3.63) is 42.0 Å². The molecule has 1 aromatic heterocycles. The first-order valence-corrected chi connectivity index (χ1v) is 11.0. The number of methoxy groups -OCH3 is 2. The highest BCUT2D eigenvalue weighted by atomic mass is 32.2. The lowest BCUT2D eigenvalue weighted by Gasteiger charge is -2.06. The first kappa shape index (κ1) is 21.5. The number of sulfonamides is 1. The zero-order valence-corrected chi connectivity index (χ0v) is 17.8. The van der Waals surface area contributed by atoms with Crippen LogP contribution in [-0.4, -0.2) is 40.1 Å². The Balaban J connectivity index is 1.75. The number of ether oxygens (including phenoxy) is 2. The smallest absolute Gasteiger partial charge is 0.257 e. The number of amides is 1. The molecule has 3 aromatic rings. The summed E-state index contributed by atoms with van der Waals surface area (Å²) in [6.45, 7) is 0.0221. The topological polar surface area (TPSA) is 130 Å². The van der Waals surface area contributed by atoms with Gasteiger partial charge in [0.1, 0.15) is 0 Å². The summed E-state index contributed by atoms with van der Waals surface area (Å²) in [7, 11) is -0.664. The number of anilines is 1. The minimum atomic E-state index is -3.73. The van der Waals surface area contributed by atoms with Crippen molar-refractivity contribution in [1.29, 1.82) is 5.26 Å². The Bertz CT molecular complexity index is 1170. The first-order chi connectivity index (χ1) is 14.4. The maximum atomic E-state index is 12.5. The van der Waals surface area contributed by atoms with Gasteiger partial charge in [0.05, 0.1) is 35.4 Å². The Labute approximate surface area is 177 Å². The molecule has 30 heavy (non-hydrogen) atoms. The van der Waals surface area contributed by atoms with Gasteiger partial charge in [0.25, 0.3) is 5.91 Å². The lowest BCUT2D eigenvalue weighted by molar-refractivity contribution is 0.102. The molecule has 0 spiro atoms. The van der Waals surface area contributed by atoms with Crippen molar-refractivity contribution in [3.8, 4) is 17.6 Å². The summed E-state index contributed by atoms with van der Waals surface area (Å²) in [5.74, 6) is 0.675. The molecule has 0 saturated heterocycles. The monoisotopic (exact) mass is 446 g/mol. The summed E-state index contributed by atoms with van der Waals surface area (Å²) in [5.41, 5.74) is 0.929. The fourth-order valence-corrected chi connectivity index (χ4v) is 4.49. The molecule has 0 unspecified atom stereocenters. The summed E-state index contributed by atoms with van der Waals surface area (Å²) < 4.78 is 37.9. The number of thiazole rings is 1. The summed E-state index contributed by atoms with van der Waals surface area (Å²) in [6, 6.07) is 10.8. The van der Waals surface area contributed by atoms with Gasteiger partial charge in [-0.2, -0.15) is 5.26 Å². The molecule has 0 atom stereocenters. The van der Waals surface area contributed by atoms with Crippen molar-refractivity contribution in [2.45, 2.75) is 11.3 Å². The van der Waals surface area contributed by atoms with Crippen LogP contribution in [0, 0.1) is 11.3 Å². The summed E-state index contributed by atoms with van der Waals surface area (Å²) in [6.07, 6.45) is 0.0691. The number of nitrogens with zero attached hydrogens (tertiary/aromatic N) is 2. The molecular weight excluding hydrogens is 428 g/mol. The van der Waals surface area contributed by atoms with E-state index in [0.29, 0.717) is 22.1 Å². The molecule has 0 aliphatic heterocycles. The van der Waals surface area contributed by atoms with Crippen LogP contribution in [-0.2, 0) is 10.0 Å². The number of carbonyl (C=O) groups is 1. The molecule has 0 aliphatic rings. The summed E-state index contributed by atoms with van der Waals surface area (Å²) >= 11 is 1.28. The number of aromatic nitrogens is 1. The molecule has 2 aromatic carbocycles. The number of nitriles is 1. The van der Waals surface area contributed by atoms with Crippen molar-refractivity contribution < 1.29 is 22.7 Å². The van der Waals surface area contributed by atoms with Crippen LogP contribution in [0.4, 0.5) is 5.13 Å². The zero-order valence-electron chi connectivity index (χ0n) is 16.1. The molecule has 3 rings (SSSR count). The Morgan fingerprint density at radius 2 is 1.83 bits per heavy atom. The lowest BCUT2D eigenvalue weighted by atomic mass is 10.2. The van der Waals surface area contributed by atoms with Crippen LogP contribution < -0.4 is 19.5 Å². The van der Waals surface area contributed by atoms with Gasteiger partial charge in [-0.1, -0.05) is 11.3 Å². The molecule has 156 valence electrons. The van der Waals surface area contributed by atoms with E-state index in [9.17, 15) is 13.2 Å². The number of rotatable bonds is 8. The average Bonchev–Trinajstić information content (AvgIpc) is 3.13. The van der Waals surface area contributed by atoms with E-state index in [-0.39, 0.29) is 23.4 Å². The number of fused-ring (bicyclic) bond motifs is 1. The van der Waals surface area contributed by atoms with E-state index in [0.717, 1.165) is 4.70 Å².